The standard InChI is InChI=1S/C15H14N6O/c1-10-7-13-17-11(8-14(22)21(13)19-10)3-4-12-9-20-6-2-5-16-15(20)18-12/h2,5-9,19H,3-4H2,1H3. The fraction of sp³-hybridized carbons (Fsp3) is 0.200. The van der Waals surface area contributed by atoms with Gasteiger partial charge >= 0.3 is 0 Å². The maximum atomic E-state index is 12.0. The first-order chi connectivity index (χ1) is 10.7. The highest BCUT2D eigenvalue weighted by atomic mass is 16.1. The van der Waals surface area contributed by atoms with Crippen molar-refractivity contribution in [1.82, 2.24) is 29.0 Å². The highest BCUT2D eigenvalue weighted by molar-refractivity contribution is 5.39. The first-order valence-electron chi connectivity index (χ1n) is 7.06. The summed E-state index contributed by atoms with van der Waals surface area (Å²) in [4.78, 5) is 25.2. The molecule has 4 aromatic heterocycles. The number of aromatic nitrogens is 6. The molecule has 110 valence electrons. The van der Waals surface area contributed by atoms with Gasteiger partial charge in [-0.2, -0.15) is 0 Å². The van der Waals surface area contributed by atoms with E-state index >= 15 is 0 Å². The quantitative estimate of drug-likeness (QED) is 0.615. The van der Waals surface area contributed by atoms with E-state index in [1.807, 2.05) is 35.9 Å². The molecular formula is C15H14N6O. The van der Waals surface area contributed by atoms with Gasteiger partial charge in [0.1, 0.15) is 0 Å². The van der Waals surface area contributed by atoms with Crippen molar-refractivity contribution in [3.63, 3.8) is 0 Å². The number of aromatic amines is 1. The fourth-order valence-corrected chi connectivity index (χ4v) is 2.55. The van der Waals surface area contributed by atoms with Gasteiger partial charge in [-0.3, -0.25) is 14.3 Å². The Morgan fingerprint density at radius 3 is 2.91 bits per heavy atom. The molecule has 0 aliphatic heterocycles. The number of imidazole rings is 1. The molecule has 0 fully saturated rings. The molecule has 0 aliphatic rings. The average Bonchev–Trinajstić information content (AvgIpc) is 3.07. The maximum Gasteiger partial charge on any atom is 0.272 e. The third-order valence-electron chi connectivity index (χ3n) is 3.55. The highest BCUT2D eigenvalue weighted by Crippen LogP contribution is 2.07. The lowest BCUT2D eigenvalue weighted by Crippen LogP contribution is -2.15. The Kier molecular flexibility index (Phi) is 2.78. The minimum absolute atomic E-state index is 0.0928. The van der Waals surface area contributed by atoms with Crippen molar-refractivity contribution in [2.75, 3.05) is 0 Å². The van der Waals surface area contributed by atoms with Crippen LogP contribution in [-0.4, -0.2) is 29.0 Å². The molecule has 0 amide bonds. The van der Waals surface area contributed by atoms with E-state index < -0.39 is 0 Å². The monoisotopic (exact) mass is 294 g/mol. The SMILES string of the molecule is Cc1cc2nc(CCc3cn4cccnc4n3)cc(=O)n2[nH]1. The molecule has 7 heteroatoms. The zero-order valence-corrected chi connectivity index (χ0v) is 12.0. The zero-order chi connectivity index (χ0) is 15.1. The molecule has 7 nitrogen and oxygen atoms in total. The summed E-state index contributed by atoms with van der Waals surface area (Å²) in [6.45, 7) is 1.90. The Morgan fingerprint density at radius 1 is 1.18 bits per heavy atom. The molecule has 0 bridgehead atoms. The summed E-state index contributed by atoms with van der Waals surface area (Å²) in [6, 6.07) is 5.29. The van der Waals surface area contributed by atoms with Crippen molar-refractivity contribution in [1.29, 1.82) is 0 Å². The number of fused-ring (bicyclic) bond motifs is 2. The van der Waals surface area contributed by atoms with Crippen LogP contribution in [0.25, 0.3) is 11.4 Å². The van der Waals surface area contributed by atoms with E-state index in [4.69, 9.17) is 0 Å². The van der Waals surface area contributed by atoms with Crippen LogP contribution in [0.4, 0.5) is 0 Å². The van der Waals surface area contributed by atoms with Crippen molar-refractivity contribution in [2.24, 2.45) is 0 Å². The molecule has 1 N–H and O–H groups in total. The Balaban J connectivity index is 1.61. The molecular weight excluding hydrogens is 280 g/mol. The summed E-state index contributed by atoms with van der Waals surface area (Å²) in [5, 5.41) is 2.96. The molecule has 0 spiro atoms. The summed E-state index contributed by atoms with van der Waals surface area (Å²) in [5.74, 6) is 0.683. The smallest absolute Gasteiger partial charge is 0.272 e. The van der Waals surface area contributed by atoms with Gasteiger partial charge in [-0.15, -0.1) is 0 Å². The van der Waals surface area contributed by atoms with Gasteiger partial charge in [0.05, 0.1) is 5.69 Å². The van der Waals surface area contributed by atoms with Gasteiger partial charge in [0, 0.05) is 42.1 Å². The lowest BCUT2D eigenvalue weighted by atomic mass is 10.2. The third kappa shape index (κ3) is 2.16. The molecule has 0 aliphatic carbocycles. The Hall–Kier alpha value is -2.96. The summed E-state index contributed by atoms with van der Waals surface area (Å²) in [6.07, 6.45) is 6.97. The van der Waals surface area contributed by atoms with Gasteiger partial charge in [0.2, 0.25) is 5.78 Å². The fourth-order valence-electron chi connectivity index (χ4n) is 2.55. The highest BCUT2D eigenvalue weighted by Gasteiger charge is 2.07. The van der Waals surface area contributed by atoms with Crippen molar-refractivity contribution in [2.45, 2.75) is 19.8 Å². The molecule has 0 radical (unpaired) electrons. The minimum Gasteiger partial charge on any atom is -0.294 e. The van der Waals surface area contributed by atoms with Crippen LogP contribution >= 0.6 is 0 Å². The molecule has 0 saturated carbocycles. The van der Waals surface area contributed by atoms with Crippen LogP contribution in [0, 0.1) is 6.92 Å². The predicted octanol–water partition coefficient (Wildman–Crippen LogP) is 1.16. The molecule has 0 atom stereocenters. The maximum absolute atomic E-state index is 12.0. The third-order valence-corrected chi connectivity index (χ3v) is 3.55. The van der Waals surface area contributed by atoms with E-state index in [0.717, 1.165) is 23.5 Å². The summed E-state index contributed by atoms with van der Waals surface area (Å²) in [5.41, 5.74) is 3.18. The average molecular weight is 294 g/mol. The number of nitrogens with zero attached hydrogens (tertiary/aromatic N) is 5. The molecule has 0 unspecified atom stereocenters. The van der Waals surface area contributed by atoms with E-state index in [2.05, 4.69) is 20.1 Å². The van der Waals surface area contributed by atoms with Gasteiger partial charge in [-0.1, -0.05) is 0 Å². The van der Waals surface area contributed by atoms with Crippen LogP contribution in [-0.2, 0) is 12.8 Å². The second-order valence-electron chi connectivity index (χ2n) is 5.28. The van der Waals surface area contributed by atoms with Crippen LogP contribution in [0.2, 0.25) is 0 Å². The summed E-state index contributed by atoms with van der Waals surface area (Å²) in [7, 11) is 0. The first-order valence-corrected chi connectivity index (χ1v) is 7.06. The largest absolute Gasteiger partial charge is 0.294 e. The van der Waals surface area contributed by atoms with E-state index in [9.17, 15) is 4.79 Å². The van der Waals surface area contributed by atoms with E-state index in [-0.39, 0.29) is 5.56 Å². The number of aryl methyl sites for hydroxylation is 3. The Morgan fingerprint density at radius 2 is 2.05 bits per heavy atom. The van der Waals surface area contributed by atoms with Crippen LogP contribution < -0.4 is 5.56 Å². The second kappa shape index (κ2) is 4.80. The van der Waals surface area contributed by atoms with Gasteiger partial charge in [0.15, 0.2) is 5.65 Å². The van der Waals surface area contributed by atoms with Crippen molar-refractivity contribution in [3.8, 4) is 0 Å². The number of H-pyrrole nitrogens is 1. The molecule has 22 heavy (non-hydrogen) atoms. The summed E-state index contributed by atoms with van der Waals surface area (Å²) >= 11 is 0. The first kappa shape index (κ1) is 12.8. The number of rotatable bonds is 3. The van der Waals surface area contributed by atoms with E-state index in [1.54, 1.807) is 12.3 Å². The minimum atomic E-state index is -0.0928. The van der Waals surface area contributed by atoms with Gasteiger partial charge in [0.25, 0.3) is 5.56 Å². The molecule has 4 aromatic rings. The van der Waals surface area contributed by atoms with Gasteiger partial charge in [-0.05, 0) is 25.8 Å². The van der Waals surface area contributed by atoms with Crippen molar-refractivity contribution >= 4 is 11.4 Å². The van der Waals surface area contributed by atoms with Crippen LogP contribution in [0.1, 0.15) is 17.1 Å². The van der Waals surface area contributed by atoms with Crippen LogP contribution in [0.3, 0.4) is 0 Å². The zero-order valence-electron chi connectivity index (χ0n) is 12.0. The lowest BCUT2D eigenvalue weighted by Gasteiger charge is -1.99. The van der Waals surface area contributed by atoms with Crippen LogP contribution in [0.15, 0.2) is 41.6 Å². The van der Waals surface area contributed by atoms with Gasteiger partial charge < -0.3 is 0 Å². The normalized spacial score (nSPS) is 11.5. The van der Waals surface area contributed by atoms with Crippen molar-refractivity contribution in [3.05, 3.63) is 64.2 Å². The van der Waals surface area contributed by atoms with Crippen LogP contribution in [0.5, 0.6) is 0 Å². The molecule has 0 saturated heterocycles. The molecule has 4 rings (SSSR count). The molecule has 4 heterocycles. The Labute approximate surface area is 125 Å². The Bertz CT molecular complexity index is 992. The van der Waals surface area contributed by atoms with E-state index in [1.165, 1.54) is 4.52 Å². The lowest BCUT2D eigenvalue weighted by molar-refractivity contribution is 0.837. The second-order valence-corrected chi connectivity index (χ2v) is 5.28. The molecule has 0 aromatic carbocycles. The van der Waals surface area contributed by atoms with Crippen molar-refractivity contribution < 1.29 is 0 Å². The topological polar surface area (TPSA) is 80.3 Å². The number of nitrogens with one attached hydrogen (secondary N) is 1. The van der Waals surface area contributed by atoms with E-state index in [0.29, 0.717) is 17.8 Å². The summed E-state index contributed by atoms with van der Waals surface area (Å²) < 4.78 is 3.34. The number of hydrogen-bond acceptors (Lipinski definition) is 4. The predicted molar refractivity (Wildman–Crippen MR) is 80.9 cm³/mol. The number of hydrogen-bond donors (Lipinski definition) is 1. The van der Waals surface area contributed by atoms with Gasteiger partial charge in [-0.25, -0.2) is 19.5 Å².